The number of hydrogen-bond donors (Lipinski definition) is 2. The summed E-state index contributed by atoms with van der Waals surface area (Å²) < 4.78 is 10.2. The molecule has 0 heterocycles. The second kappa shape index (κ2) is 6.78. The third-order valence-corrected chi connectivity index (χ3v) is 4.88. The first-order valence-electron chi connectivity index (χ1n) is 8.68. The van der Waals surface area contributed by atoms with Gasteiger partial charge in [0.15, 0.2) is 0 Å². The summed E-state index contributed by atoms with van der Waals surface area (Å²) in [4.78, 5) is 12.2. The summed E-state index contributed by atoms with van der Waals surface area (Å²) >= 11 is 0. The van der Waals surface area contributed by atoms with Gasteiger partial charge in [-0.25, -0.2) is 4.79 Å². The Morgan fingerprint density at radius 3 is 2.32 bits per heavy atom. The van der Waals surface area contributed by atoms with Crippen LogP contribution in [0.4, 0.5) is 0 Å². The van der Waals surface area contributed by atoms with Gasteiger partial charge < -0.3 is 19.7 Å². The minimum Gasteiger partial charge on any atom is -0.507 e. The van der Waals surface area contributed by atoms with E-state index in [4.69, 9.17) is 9.47 Å². The average molecular weight is 374 g/mol. The lowest BCUT2D eigenvalue weighted by Gasteiger charge is -2.16. The third kappa shape index (κ3) is 2.68. The lowest BCUT2D eigenvalue weighted by molar-refractivity contribution is 0.0597. The summed E-state index contributed by atoms with van der Waals surface area (Å²) in [6, 6.07) is 17.8. The highest BCUT2D eigenvalue weighted by Crippen LogP contribution is 2.46. The summed E-state index contributed by atoms with van der Waals surface area (Å²) in [5.74, 6) is -0.284. The molecule has 4 aromatic rings. The molecule has 0 amide bonds. The Morgan fingerprint density at radius 2 is 1.57 bits per heavy atom. The Labute approximate surface area is 161 Å². The van der Waals surface area contributed by atoms with Crippen molar-refractivity contribution < 1.29 is 24.5 Å². The van der Waals surface area contributed by atoms with Gasteiger partial charge in [-0.05, 0) is 45.8 Å². The van der Waals surface area contributed by atoms with Crippen LogP contribution >= 0.6 is 0 Å². The first kappa shape index (κ1) is 17.7. The average Bonchev–Trinajstić information content (AvgIpc) is 2.73. The molecule has 0 saturated heterocycles. The maximum Gasteiger partial charge on any atom is 0.341 e. The number of aromatic hydroxyl groups is 2. The molecule has 2 N–H and O–H groups in total. The van der Waals surface area contributed by atoms with E-state index in [1.807, 2.05) is 36.4 Å². The molecule has 5 nitrogen and oxygen atoms in total. The second-order valence-corrected chi connectivity index (χ2v) is 6.41. The van der Waals surface area contributed by atoms with Gasteiger partial charge in [-0.3, -0.25) is 0 Å². The van der Waals surface area contributed by atoms with Crippen LogP contribution in [0.1, 0.15) is 10.4 Å². The van der Waals surface area contributed by atoms with Gasteiger partial charge in [-0.15, -0.1) is 0 Å². The highest BCUT2D eigenvalue weighted by atomic mass is 16.5. The number of fused-ring (bicyclic) bond motifs is 2. The fourth-order valence-electron chi connectivity index (χ4n) is 3.53. The Balaban J connectivity index is 2.19. The van der Waals surface area contributed by atoms with Crippen molar-refractivity contribution in [3.05, 3.63) is 66.2 Å². The minimum atomic E-state index is -0.651. The maximum absolute atomic E-state index is 12.2. The molecule has 0 aromatic heterocycles. The number of rotatable bonds is 3. The van der Waals surface area contributed by atoms with Crippen LogP contribution in [-0.2, 0) is 4.74 Å². The van der Waals surface area contributed by atoms with Gasteiger partial charge in [-0.1, -0.05) is 36.4 Å². The Hall–Kier alpha value is -3.73. The zero-order valence-electron chi connectivity index (χ0n) is 15.4. The van der Waals surface area contributed by atoms with E-state index in [9.17, 15) is 15.0 Å². The van der Waals surface area contributed by atoms with E-state index in [1.165, 1.54) is 7.11 Å². The molecular weight excluding hydrogens is 356 g/mol. The van der Waals surface area contributed by atoms with Crippen LogP contribution in [0.5, 0.6) is 17.2 Å². The summed E-state index contributed by atoms with van der Waals surface area (Å²) in [6.07, 6.45) is 0. The van der Waals surface area contributed by atoms with Crippen molar-refractivity contribution in [1.29, 1.82) is 0 Å². The van der Waals surface area contributed by atoms with Crippen molar-refractivity contribution in [2.24, 2.45) is 0 Å². The van der Waals surface area contributed by atoms with Crippen molar-refractivity contribution in [2.75, 3.05) is 14.2 Å². The normalized spacial score (nSPS) is 10.9. The van der Waals surface area contributed by atoms with E-state index < -0.39 is 5.97 Å². The molecule has 0 atom stereocenters. The summed E-state index contributed by atoms with van der Waals surface area (Å²) in [6.45, 7) is 0. The number of carbonyl (C=O) groups excluding carboxylic acids is 1. The Kier molecular flexibility index (Phi) is 4.28. The van der Waals surface area contributed by atoms with Crippen molar-refractivity contribution in [3.8, 4) is 28.4 Å². The number of phenols is 2. The first-order chi connectivity index (χ1) is 13.5. The zero-order valence-corrected chi connectivity index (χ0v) is 15.4. The van der Waals surface area contributed by atoms with E-state index in [1.54, 1.807) is 31.4 Å². The fraction of sp³-hybridized carbons (Fsp3) is 0.0870. The molecule has 0 aliphatic heterocycles. The van der Waals surface area contributed by atoms with Crippen LogP contribution in [0.3, 0.4) is 0 Å². The van der Waals surface area contributed by atoms with Gasteiger partial charge in [0.2, 0.25) is 0 Å². The summed E-state index contributed by atoms with van der Waals surface area (Å²) in [7, 11) is 2.82. The van der Waals surface area contributed by atoms with Crippen molar-refractivity contribution in [2.45, 2.75) is 0 Å². The van der Waals surface area contributed by atoms with Crippen molar-refractivity contribution in [1.82, 2.24) is 0 Å². The smallest absolute Gasteiger partial charge is 0.341 e. The van der Waals surface area contributed by atoms with Crippen molar-refractivity contribution in [3.63, 3.8) is 0 Å². The largest absolute Gasteiger partial charge is 0.507 e. The maximum atomic E-state index is 12.2. The topological polar surface area (TPSA) is 76.0 Å². The van der Waals surface area contributed by atoms with E-state index in [2.05, 4.69) is 0 Å². The molecule has 140 valence electrons. The lowest BCUT2D eigenvalue weighted by Crippen LogP contribution is -2.03. The molecule has 28 heavy (non-hydrogen) atoms. The molecule has 0 radical (unpaired) electrons. The minimum absolute atomic E-state index is 0.0109. The predicted molar refractivity (Wildman–Crippen MR) is 108 cm³/mol. The van der Waals surface area contributed by atoms with Gasteiger partial charge in [0, 0.05) is 11.1 Å². The Bertz CT molecular complexity index is 1230. The number of phenolic OH excluding ortho intramolecular Hbond substituents is 2. The van der Waals surface area contributed by atoms with E-state index >= 15 is 0 Å². The van der Waals surface area contributed by atoms with Crippen LogP contribution in [0.15, 0.2) is 60.7 Å². The van der Waals surface area contributed by atoms with Gasteiger partial charge in [0.25, 0.3) is 0 Å². The molecule has 0 unspecified atom stereocenters. The first-order valence-corrected chi connectivity index (χ1v) is 8.68. The lowest BCUT2D eigenvalue weighted by atomic mass is 9.90. The van der Waals surface area contributed by atoms with E-state index in [-0.39, 0.29) is 17.1 Å². The molecule has 0 saturated carbocycles. The number of methoxy groups -OCH3 is 2. The molecule has 5 heteroatoms. The predicted octanol–water partition coefficient (Wildman–Crippen LogP) is 4.87. The molecule has 0 spiro atoms. The number of ether oxygens (including phenoxy) is 2. The van der Waals surface area contributed by atoms with Crippen LogP contribution in [0, 0.1) is 0 Å². The number of hydrogen-bond acceptors (Lipinski definition) is 5. The molecule has 4 rings (SSSR count). The third-order valence-electron chi connectivity index (χ3n) is 4.88. The van der Waals surface area contributed by atoms with Crippen LogP contribution in [0.2, 0.25) is 0 Å². The van der Waals surface area contributed by atoms with Gasteiger partial charge >= 0.3 is 5.97 Å². The number of esters is 1. The van der Waals surface area contributed by atoms with Gasteiger partial charge in [0.05, 0.1) is 14.2 Å². The molecule has 0 fully saturated rings. The second-order valence-electron chi connectivity index (χ2n) is 6.41. The monoisotopic (exact) mass is 374 g/mol. The van der Waals surface area contributed by atoms with Gasteiger partial charge in [0.1, 0.15) is 22.8 Å². The molecule has 0 bridgehead atoms. The quantitative estimate of drug-likeness (QED) is 0.501. The molecule has 0 aliphatic carbocycles. The SMILES string of the molecule is COC(=O)c1cc2ccccc2c(-c2c(O)ccc3ccc(OC)cc23)c1O. The fourth-order valence-corrected chi connectivity index (χ4v) is 3.53. The Morgan fingerprint density at radius 1 is 0.821 bits per heavy atom. The van der Waals surface area contributed by atoms with Crippen LogP contribution in [-0.4, -0.2) is 30.4 Å². The highest BCUT2D eigenvalue weighted by molar-refractivity contribution is 6.13. The van der Waals surface area contributed by atoms with Crippen LogP contribution in [0.25, 0.3) is 32.7 Å². The zero-order chi connectivity index (χ0) is 19.8. The summed E-state index contributed by atoms with van der Waals surface area (Å²) in [5, 5.41) is 24.7. The highest BCUT2D eigenvalue weighted by Gasteiger charge is 2.23. The molecule has 0 aliphatic rings. The van der Waals surface area contributed by atoms with Gasteiger partial charge in [-0.2, -0.15) is 0 Å². The molecule has 4 aromatic carbocycles. The number of benzene rings is 4. The number of carbonyl (C=O) groups is 1. The van der Waals surface area contributed by atoms with Crippen molar-refractivity contribution >= 4 is 27.5 Å². The standard InChI is InChI=1S/C23H18O5/c1-27-15-9-7-13-8-10-19(24)20(17(13)12-15)21-16-6-4-3-5-14(16)11-18(22(21)25)23(26)28-2/h3-12,24-25H,1-2H3. The van der Waals surface area contributed by atoms with E-state index in [0.29, 0.717) is 27.6 Å². The van der Waals surface area contributed by atoms with Crippen LogP contribution < -0.4 is 4.74 Å². The molecular formula is C23H18O5. The summed E-state index contributed by atoms with van der Waals surface area (Å²) in [5.41, 5.74) is 0.834. The van der Waals surface area contributed by atoms with E-state index in [0.717, 1.165) is 10.8 Å².